The lowest BCUT2D eigenvalue weighted by Gasteiger charge is -2.26. The summed E-state index contributed by atoms with van der Waals surface area (Å²) in [5.41, 5.74) is 0. The van der Waals surface area contributed by atoms with E-state index in [1.54, 1.807) is 0 Å². The van der Waals surface area contributed by atoms with Gasteiger partial charge in [-0.25, -0.2) is 4.79 Å². The first-order valence-electron chi connectivity index (χ1n) is 4.80. The Balaban J connectivity index is 4.92. The van der Waals surface area contributed by atoms with E-state index in [4.69, 9.17) is 5.11 Å². The van der Waals surface area contributed by atoms with Gasteiger partial charge in [0.1, 0.15) is 6.04 Å². The van der Waals surface area contributed by atoms with Gasteiger partial charge in [-0.15, -0.1) is 0 Å². The van der Waals surface area contributed by atoms with E-state index in [0.717, 1.165) is 4.90 Å². The molecule has 0 bridgehead atoms. The minimum Gasteiger partial charge on any atom is -0.480 e. The second-order valence-electron chi connectivity index (χ2n) is 3.89. The molecule has 5 nitrogen and oxygen atoms in total. The number of carboxylic acids is 1. The zero-order valence-corrected chi connectivity index (χ0v) is 9.48. The molecule has 1 atom stereocenters. The molecule has 0 aliphatic heterocycles. The van der Waals surface area contributed by atoms with Crippen LogP contribution < -0.4 is 0 Å². The summed E-state index contributed by atoms with van der Waals surface area (Å²) >= 11 is 0. The van der Waals surface area contributed by atoms with E-state index in [-0.39, 0.29) is 12.3 Å². The Morgan fingerprint density at radius 2 is 1.53 bits per heavy atom. The third-order valence-corrected chi connectivity index (χ3v) is 1.97. The molecule has 0 aliphatic carbocycles. The number of hydrogen-bond donors (Lipinski definition) is 1. The van der Waals surface area contributed by atoms with Crippen LogP contribution in [0.1, 0.15) is 34.1 Å². The highest BCUT2D eigenvalue weighted by Gasteiger charge is 2.31. The van der Waals surface area contributed by atoms with Gasteiger partial charge >= 0.3 is 5.97 Å². The third-order valence-electron chi connectivity index (χ3n) is 1.97. The number of aliphatic carboxylic acids is 1. The first kappa shape index (κ1) is 13.6. The van der Waals surface area contributed by atoms with Gasteiger partial charge < -0.3 is 5.11 Å². The second kappa shape index (κ2) is 5.48. The molecular weight excluding hydrogens is 198 g/mol. The van der Waals surface area contributed by atoms with Gasteiger partial charge in [-0.05, 0) is 12.3 Å². The van der Waals surface area contributed by atoms with Crippen molar-refractivity contribution < 1.29 is 19.5 Å². The average molecular weight is 215 g/mol. The van der Waals surface area contributed by atoms with Gasteiger partial charge in [0, 0.05) is 13.8 Å². The van der Waals surface area contributed by atoms with Crippen LogP contribution in [0.3, 0.4) is 0 Å². The van der Waals surface area contributed by atoms with Gasteiger partial charge in [-0.1, -0.05) is 13.8 Å². The molecule has 0 aromatic rings. The van der Waals surface area contributed by atoms with Crippen LogP contribution in [0.25, 0.3) is 0 Å². The zero-order valence-electron chi connectivity index (χ0n) is 9.48. The third kappa shape index (κ3) is 4.10. The summed E-state index contributed by atoms with van der Waals surface area (Å²) in [6.07, 6.45) is 0.272. The van der Waals surface area contributed by atoms with Crippen molar-refractivity contribution in [1.29, 1.82) is 0 Å². The molecule has 15 heavy (non-hydrogen) atoms. The normalized spacial score (nSPS) is 12.3. The van der Waals surface area contributed by atoms with Gasteiger partial charge in [0.25, 0.3) is 0 Å². The number of carbonyl (C=O) groups is 3. The lowest BCUT2D eigenvalue weighted by atomic mass is 10.0. The van der Waals surface area contributed by atoms with Gasteiger partial charge in [-0.3, -0.25) is 14.5 Å². The predicted octanol–water partition coefficient (Wildman–Crippen LogP) is 0.881. The van der Waals surface area contributed by atoms with E-state index in [1.165, 1.54) is 13.8 Å². The fraction of sp³-hybridized carbons (Fsp3) is 0.700. The van der Waals surface area contributed by atoms with Crippen LogP contribution in [0.4, 0.5) is 0 Å². The van der Waals surface area contributed by atoms with Crippen LogP contribution in [0.5, 0.6) is 0 Å². The largest absolute Gasteiger partial charge is 0.480 e. The Labute approximate surface area is 89.1 Å². The summed E-state index contributed by atoms with van der Waals surface area (Å²) in [5.74, 6) is -2.10. The molecular formula is C10H17NO4. The molecule has 5 heteroatoms. The molecule has 0 aromatic carbocycles. The van der Waals surface area contributed by atoms with E-state index in [1.807, 2.05) is 13.8 Å². The average Bonchev–Trinajstić information content (AvgIpc) is 2.00. The van der Waals surface area contributed by atoms with Crippen LogP contribution >= 0.6 is 0 Å². The SMILES string of the molecule is CC(=O)N(C(C)=O)C(CC(C)C)C(=O)O. The summed E-state index contributed by atoms with van der Waals surface area (Å²) < 4.78 is 0. The minimum absolute atomic E-state index is 0.104. The fourth-order valence-electron chi connectivity index (χ4n) is 1.42. The molecule has 86 valence electrons. The molecule has 0 fully saturated rings. The molecule has 0 rings (SSSR count). The molecule has 0 aromatic heterocycles. The van der Waals surface area contributed by atoms with Crippen molar-refractivity contribution in [2.45, 2.75) is 40.2 Å². The van der Waals surface area contributed by atoms with Crippen molar-refractivity contribution in [1.82, 2.24) is 4.90 Å². The highest BCUT2D eigenvalue weighted by molar-refractivity contribution is 5.97. The second-order valence-corrected chi connectivity index (χ2v) is 3.89. The molecule has 0 heterocycles. The molecule has 0 radical (unpaired) electrons. The van der Waals surface area contributed by atoms with E-state index in [0.29, 0.717) is 0 Å². The number of carbonyl (C=O) groups excluding carboxylic acids is 2. The molecule has 1 unspecified atom stereocenters. The quantitative estimate of drug-likeness (QED) is 0.755. The maximum Gasteiger partial charge on any atom is 0.326 e. The van der Waals surface area contributed by atoms with Crippen molar-refractivity contribution in [3.05, 3.63) is 0 Å². The maximum absolute atomic E-state index is 11.2. The number of imide groups is 1. The summed E-state index contributed by atoms with van der Waals surface area (Å²) in [7, 11) is 0. The highest BCUT2D eigenvalue weighted by atomic mass is 16.4. The van der Waals surface area contributed by atoms with Crippen molar-refractivity contribution in [3.63, 3.8) is 0 Å². The lowest BCUT2D eigenvalue weighted by molar-refractivity contribution is -0.157. The Hall–Kier alpha value is -1.39. The van der Waals surface area contributed by atoms with Crippen LogP contribution in [0.15, 0.2) is 0 Å². The van der Waals surface area contributed by atoms with Gasteiger partial charge in [-0.2, -0.15) is 0 Å². The number of amides is 2. The fourth-order valence-corrected chi connectivity index (χ4v) is 1.42. The Morgan fingerprint density at radius 3 is 1.73 bits per heavy atom. The summed E-state index contributed by atoms with van der Waals surface area (Å²) in [6.45, 7) is 6.07. The first-order chi connectivity index (χ1) is 6.77. The van der Waals surface area contributed by atoms with Crippen molar-refractivity contribution in [2.24, 2.45) is 5.92 Å². The monoisotopic (exact) mass is 215 g/mol. The number of nitrogens with zero attached hydrogens (tertiary/aromatic N) is 1. The Kier molecular flexibility index (Phi) is 4.97. The maximum atomic E-state index is 11.2. The molecule has 2 amide bonds. The number of hydrogen-bond acceptors (Lipinski definition) is 3. The zero-order chi connectivity index (χ0) is 12.2. The first-order valence-corrected chi connectivity index (χ1v) is 4.80. The molecule has 0 spiro atoms. The van der Waals surface area contributed by atoms with E-state index in [9.17, 15) is 14.4 Å². The highest BCUT2D eigenvalue weighted by Crippen LogP contribution is 2.12. The molecule has 1 N–H and O–H groups in total. The van der Waals surface area contributed by atoms with Gasteiger partial charge in [0.15, 0.2) is 0 Å². The van der Waals surface area contributed by atoms with E-state index < -0.39 is 23.8 Å². The summed E-state index contributed by atoms with van der Waals surface area (Å²) in [5, 5.41) is 8.94. The van der Waals surface area contributed by atoms with Crippen LogP contribution in [0.2, 0.25) is 0 Å². The van der Waals surface area contributed by atoms with E-state index >= 15 is 0 Å². The summed E-state index contributed by atoms with van der Waals surface area (Å²) in [6, 6.07) is -1.06. The van der Waals surface area contributed by atoms with Crippen molar-refractivity contribution in [2.75, 3.05) is 0 Å². The number of rotatable bonds is 4. The Morgan fingerprint density at radius 1 is 1.13 bits per heavy atom. The smallest absolute Gasteiger partial charge is 0.326 e. The van der Waals surface area contributed by atoms with E-state index in [2.05, 4.69) is 0 Å². The van der Waals surface area contributed by atoms with Crippen LogP contribution in [0, 0.1) is 5.92 Å². The standard InChI is InChI=1S/C10H17NO4/c1-6(2)5-9(10(14)15)11(7(3)12)8(4)13/h6,9H,5H2,1-4H3,(H,14,15). The predicted molar refractivity (Wildman–Crippen MR) is 54.1 cm³/mol. The molecule has 0 saturated heterocycles. The molecule has 0 saturated carbocycles. The number of carboxylic acid groups (broad SMARTS) is 1. The lowest BCUT2D eigenvalue weighted by Crippen LogP contribution is -2.47. The summed E-state index contributed by atoms with van der Waals surface area (Å²) in [4.78, 5) is 34.0. The van der Waals surface area contributed by atoms with Crippen molar-refractivity contribution >= 4 is 17.8 Å². The Bertz CT molecular complexity index is 259. The minimum atomic E-state index is -1.14. The van der Waals surface area contributed by atoms with Gasteiger partial charge in [0.05, 0.1) is 0 Å². The van der Waals surface area contributed by atoms with Crippen molar-refractivity contribution in [3.8, 4) is 0 Å². The molecule has 0 aliphatic rings. The van der Waals surface area contributed by atoms with Gasteiger partial charge in [0.2, 0.25) is 11.8 Å². The van der Waals surface area contributed by atoms with Crippen LogP contribution in [-0.2, 0) is 14.4 Å². The van der Waals surface area contributed by atoms with Crippen LogP contribution in [-0.4, -0.2) is 33.8 Å². The topological polar surface area (TPSA) is 74.7 Å².